The lowest BCUT2D eigenvalue weighted by molar-refractivity contribution is 0.282. The minimum Gasteiger partial charge on any atom is -0.391 e. The van der Waals surface area contributed by atoms with Crippen molar-refractivity contribution >= 4 is 21.4 Å². The number of hydrogen-bond acceptors (Lipinski definition) is 4. The number of aliphatic hydroxyl groups is 1. The highest BCUT2D eigenvalue weighted by molar-refractivity contribution is 7.89. The van der Waals surface area contributed by atoms with Crippen LogP contribution in [0, 0.1) is 5.92 Å². The maximum Gasteiger partial charge on any atom is 0.242 e. The largest absolute Gasteiger partial charge is 0.391 e. The number of thiophene rings is 1. The van der Waals surface area contributed by atoms with Crippen molar-refractivity contribution < 1.29 is 13.5 Å². The molecule has 0 aliphatic rings. The second-order valence-electron chi connectivity index (χ2n) is 4.25. The molecule has 0 saturated carbocycles. The minimum atomic E-state index is -3.52. The third-order valence-electron chi connectivity index (χ3n) is 2.69. The molecule has 0 amide bonds. The Morgan fingerprint density at radius 2 is 2.12 bits per heavy atom. The lowest BCUT2D eigenvalue weighted by Crippen LogP contribution is -2.38. The first kappa shape index (κ1) is 14.6. The number of aliphatic hydroxyl groups excluding tert-OH is 1. The van der Waals surface area contributed by atoms with Crippen molar-refractivity contribution in [2.45, 2.75) is 44.7 Å². The van der Waals surface area contributed by atoms with Crippen LogP contribution in [0.5, 0.6) is 0 Å². The maximum absolute atomic E-state index is 12.1. The molecule has 0 radical (unpaired) electrons. The molecular formula is C11H19NO3S2. The van der Waals surface area contributed by atoms with Gasteiger partial charge >= 0.3 is 0 Å². The molecule has 0 fully saturated rings. The van der Waals surface area contributed by atoms with Crippen LogP contribution in [-0.2, 0) is 16.6 Å². The van der Waals surface area contributed by atoms with Gasteiger partial charge in [-0.25, -0.2) is 13.1 Å². The third-order valence-corrected chi connectivity index (χ3v) is 5.30. The van der Waals surface area contributed by atoms with Gasteiger partial charge in [0.2, 0.25) is 10.0 Å². The Kier molecular flexibility index (Phi) is 5.12. The maximum atomic E-state index is 12.1. The number of sulfonamides is 1. The zero-order valence-corrected chi connectivity index (χ0v) is 11.9. The third kappa shape index (κ3) is 3.51. The summed E-state index contributed by atoms with van der Waals surface area (Å²) in [5.41, 5.74) is 0. The van der Waals surface area contributed by atoms with Crippen LogP contribution < -0.4 is 4.72 Å². The second kappa shape index (κ2) is 5.95. The quantitative estimate of drug-likeness (QED) is 0.835. The Bertz CT molecular complexity index is 451. The van der Waals surface area contributed by atoms with Crippen LogP contribution in [0.15, 0.2) is 16.3 Å². The van der Waals surface area contributed by atoms with E-state index in [4.69, 9.17) is 5.11 Å². The van der Waals surface area contributed by atoms with Crippen LogP contribution in [0.1, 0.15) is 32.1 Å². The summed E-state index contributed by atoms with van der Waals surface area (Å²) in [6.07, 6.45) is 0.746. The van der Waals surface area contributed by atoms with Gasteiger partial charge in [-0.1, -0.05) is 20.8 Å². The Hall–Kier alpha value is -0.430. The van der Waals surface area contributed by atoms with Gasteiger partial charge in [0.25, 0.3) is 0 Å². The van der Waals surface area contributed by atoms with Crippen molar-refractivity contribution in [1.29, 1.82) is 0 Å². The lowest BCUT2D eigenvalue weighted by atomic mass is 10.0. The van der Waals surface area contributed by atoms with E-state index < -0.39 is 10.0 Å². The Balaban J connectivity index is 2.96. The van der Waals surface area contributed by atoms with Gasteiger partial charge in [0, 0.05) is 10.9 Å². The molecule has 0 aliphatic carbocycles. The zero-order chi connectivity index (χ0) is 13.1. The second-order valence-corrected chi connectivity index (χ2v) is 6.93. The number of rotatable bonds is 6. The molecule has 1 aromatic rings. The molecule has 0 aliphatic heterocycles. The van der Waals surface area contributed by atoms with Crippen LogP contribution >= 0.6 is 11.3 Å². The molecular weight excluding hydrogens is 258 g/mol. The summed E-state index contributed by atoms with van der Waals surface area (Å²) >= 11 is 1.25. The molecule has 1 heterocycles. The summed E-state index contributed by atoms with van der Waals surface area (Å²) in [4.78, 5) is 0.681. The van der Waals surface area contributed by atoms with Crippen molar-refractivity contribution in [1.82, 2.24) is 4.72 Å². The van der Waals surface area contributed by atoms with Gasteiger partial charge in [-0.2, -0.15) is 0 Å². The molecule has 0 bridgehead atoms. The molecule has 1 aromatic heterocycles. The molecule has 1 atom stereocenters. The fraction of sp³-hybridized carbons (Fsp3) is 0.636. The van der Waals surface area contributed by atoms with Crippen molar-refractivity contribution in [3.8, 4) is 0 Å². The zero-order valence-electron chi connectivity index (χ0n) is 10.3. The topological polar surface area (TPSA) is 66.4 Å². The summed E-state index contributed by atoms with van der Waals surface area (Å²) in [5.74, 6) is 0.242. The smallest absolute Gasteiger partial charge is 0.242 e. The van der Waals surface area contributed by atoms with E-state index in [-0.39, 0.29) is 23.5 Å². The van der Waals surface area contributed by atoms with Crippen molar-refractivity contribution in [2.75, 3.05) is 0 Å². The van der Waals surface area contributed by atoms with Gasteiger partial charge in [0.05, 0.1) is 11.5 Å². The van der Waals surface area contributed by atoms with E-state index in [2.05, 4.69) is 4.72 Å². The first-order valence-electron chi connectivity index (χ1n) is 5.62. The summed E-state index contributed by atoms with van der Waals surface area (Å²) in [6.45, 7) is 5.68. The van der Waals surface area contributed by atoms with E-state index in [0.29, 0.717) is 4.88 Å². The van der Waals surface area contributed by atoms with Gasteiger partial charge < -0.3 is 5.11 Å². The van der Waals surface area contributed by atoms with E-state index in [1.54, 1.807) is 5.38 Å². The van der Waals surface area contributed by atoms with Crippen LogP contribution in [0.3, 0.4) is 0 Å². The first-order valence-corrected chi connectivity index (χ1v) is 7.98. The van der Waals surface area contributed by atoms with Gasteiger partial charge in [-0.3, -0.25) is 0 Å². The highest BCUT2D eigenvalue weighted by Crippen LogP contribution is 2.22. The van der Waals surface area contributed by atoms with Crippen molar-refractivity contribution in [2.24, 2.45) is 5.92 Å². The van der Waals surface area contributed by atoms with Gasteiger partial charge in [0.15, 0.2) is 0 Å². The molecule has 2 N–H and O–H groups in total. The van der Waals surface area contributed by atoms with Crippen LogP contribution in [0.25, 0.3) is 0 Å². The van der Waals surface area contributed by atoms with E-state index >= 15 is 0 Å². The van der Waals surface area contributed by atoms with E-state index in [0.717, 1.165) is 6.42 Å². The predicted octanol–water partition coefficient (Wildman–Crippen LogP) is 1.95. The molecule has 1 rings (SSSR count). The first-order chi connectivity index (χ1) is 7.92. The molecule has 0 saturated heterocycles. The Labute approximate surface area is 107 Å². The Morgan fingerprint density at radius 3 is 2.59 bits per heavy atom. The number of nitrogens with one attached hydrogen (secondary N) is 1. The van der Waals surface area contributed by atoms with Crippen molar-refractivity contribution in [3.63, 3.8) is 0 Å². The van der Waals surface area contributed by atoms with Crippen LogP contribution in [-0.4, -0.2) is 19.6 Å². The number of hydrogen-bond donors (Lipinski definition) is 2. The highest BCUT2D eigenvalue weighted by Gasteiger charge is 2.24. The molecule has 17 heavy (non-hydrogen) atoms. The molecule has 0 aromatic carbocycles. The van der Waals surface area contributed by atoms with Gasteiger partial charge in [-0.05, 0) is 23.8 Å². The average Bonchev–Trinajstić information content (AvgIpc) is 2.74. The molecule has 98 valence electrons. The average molecular weight is 277 g/mol. The summed E-state index contributed by atoms with van der Waals surface area (Å²) in [6, 6.07) is 1.46. The fourth-order valence-corrected chi connectivity index (χ4v) is 4.40. The van der Waals surface area contributed by atoms with Crippen LogP contribution in [0.4, 0.5) is 0 Å². The van der Waals surface area contributed by atoms with E-state index in [1.807, 2.05) is 20.8 Å². The fourth-order valence-electron chi connectivity index (χ4n) is 1.64. The normalized spacial score (nSPS) is 14.2. The SMILES string of the molecule is CCC(NS(=O)(=O)c1ccsc1CO)C(C)C. The minimum absolute atomic E-state index is 0.0774. The van der Waals surface area contributed by atoms with Crippen LogP contribution in [0.2, 0.25) is 0 Å². The summed E-state index contributed by atoms with van der Waals surface area (Å²) in [7, 11) is -3.52. The van der Waals surface area contributed by atoms with E-state index in [9.17, 15) is 8.42 Å². The lowest BCUT2D eigenvalue weighted by Gasteiger charge is -2.20. The van der Waals surface area contributed by atoms with E-state index in [1.165, 1.54) is 17.4 Å². The van der Waals surface area contributed by atoms with Crippen molar-refractivity contribution in [3.05, 3.63) is 16.3 Å². The summed E-state index contributed by atoms with van der Waals surface area (Å²) < 4.78 is 26.9. The molecule has 6 heteroatoms. The molecule has 4 nitrogen and oxygen atoms in total. The monoisotopic (exact) mass is 277 g/mol. The predicted molar refractivity (Wildman–Crippen MR) is 69.5 cm³/mol. The highest BCUT2D eigenvalue weighted by atomic mass is 32.2. The Morgan fingerprint density at radius 1 is 1.47 bits per heavy atom. The molecule has 0 spiro atoms. The standard InChI is InChI=1S/C11H19NO3S2/c1-4-9(8(2)3)12-17(14,15)11-5-6-16-10(11)7-13/h5-6,8-9,12-13H,4,7H2,1-3H3. The van der Waals surface area contributed by atoms with Gasteiger partial charge in [-0.15, -0.1) is 11.3 Å². The molecule has 1 unspecified atom stereocenters. The van der Waals surface area contributed by atoms with Gasteiger partial charge in [0.1, 0.15) is 0 Å². The summed E-state index contributed by atoms with van der Waals surface area (Å²) in [5, 5.41) is 10.8.